The molecule has 1 fully saturated rings. The highest BCUT2D eigenvalue weighted by molar-refractivity contribution is 5.91. The van der Waals surface area contributed by atoms with E-state index < -0.39 is 0 Å². The summed E-state index contributed by atoms with van der Waals surface area (Å²) < 4.78 is 4.75. The Kier molecular flexibility index (Phi) is 2.04. The van der Waals surface area contributed by atoms with E-state index in [1.165, 1.54) is 25.5 Å². The zero-order chi connectivity index (χ0) is 9.26. The second kappa shape index (κ2) is 3.20. The summed E-state index contributed by atoms with van der Waals surface area (Å²) >= 11 is 0. The van der Waals surface area contributed by atoms with Crippen LogP contribution in [0, 0.1) is 5.92 Å². The molecule has 13 heavy (non-hydrogen) atoms. The Morgan fingerprint density at radius 1 is 1.77 bits per heavy atom. The number of hydrogen-bond acceptors (Lipinski definition) is 3. The number of carbonyl (C=O) groups is 1. The fourth-order valence-corrected chi connectivity index (χ4v) is 1.28. The molecule has 1 aliphatic carbocycles. The van der Waals surface area contributed by atoms with Crippen molar-refractivity contribution in [2.45, 2.75) is 12.8 Å². The zero-order valence-electron chi connectivity index (χ0n) is 7.56. The average molecular weight is 180 g/mol. The Bertz CT molecular complexity index is 291. The molecule has 1 aliphatic rings. The van der Waals surface area contributed by atoms with Gasteiger partial charge in [-0.2, -0.15) is 0 Å². The molecular formula is C9H12N2O2. The van der Waals surface area contributed by atoms with Gasteiger partial charge in [-0.1, -0.05) is 0 Å². The van der Waals surface area contributed by atoms with E-state index in [0.29, 0.717) is 11.6 Å². The molecule has 1 heterocycles. The second-order valence-corrected chi connectivity index (χ2v) is 3.50. The maximum atomic E-state index is 11.6. The summed E-state index contributed by atoms with van der Waals surface area (Å²) in [5.41, 5.74) is 0.392. The Hall–Kier alpha value is -1.32. The van der Waals surface area contributed by atoms with Crippen molar-refractivity contribution >= 4 is 5.91 Å². The minimum absolute atomic E-state index is 0.0550. The first-order valence-corrected chi connectivity index (χ1v) is 4.41. The molecule has 1 amide bonds. The average Bonchev–Trinajstić information content (AvgIpc) is 2.78. The van der Waals surface area contributed by atoms with Crippen LogP contribution in [0.3, 0.4) is 0 Å². The van der Waals surface area contributed by atoms with Gasteiger partial charge in [0.1, 0.15) is 6.26 Å². The van der Waals surface area contributed by atoms with Gasteiger partial charge in [0.2, 0.25) is 0 Å². The van der Waals surface area contributed by atoms with Gasteiger partial charge in [0.25, 0.3) is 5.91 Å². The van der Waals surface area contributed by atoms with E-state index in [4.69, 9.17) is 4.42 Å². The van der Waals surface area contributed by atoms with Gasteiger partial charge < -0.3 is 9.32 Å². The molecule has 0 atom stereocenters. The molecule has 0 bridgehead atoms. The molecule has 0 unspecified atom stereocenters. The third-order valence-electron chi connectivity index (χ3n) is 2.23. The smallest absolute Gasteiger partial charge is 0.275 e. The first kappa shape index (κ1) is 8.29. The number of oxazole rings is 1. The van der Waals surface area contributed by atoms with Crippen LogP contribution in [-0.4, -0.2) is 29.4 Å². The SMILES string of the molecule is CN(CC1CC1)C(=O)c1cocn1. The van der Waals surface area contributed by atoms with E-state index in [9.17, 15) is 4.79 Å². The van der Waals surface area contributed by atoms with E-state index in [2.05, 4.69) is 4.98 Å². The molecule has 0 aliphatic heterocycles. The third-order valence-corrected chi connectivity index (χ3v) is 2.23. The van der Waals surface area contributed by atoms with Crippen LogP contribution in [-0.2, 0) is 0 Å². The van der Waals surface area contributed by atoms with Crippen LogP contribution in [0.4, 0.5) is 0 Å². The number of hydrogen-bond donors (Lipinski definition) is 0. The molecule has 4 heteroatoms. The summed E-state index contributed by atoms with van der Waals surface area (Å²) in [5, 5.41) is 0. The summed E-state index contributed by atoms with van der Waals surface area (Å²) in [6, 6.07) is 0. The first-order valence-electron chi connectivity index (χ1n) is 4.41. The van der Waals surface area contributed by atoms with Crippen molar-refractivity contribution in [3.05, 3.63) is 18.4 Å². The Balaban J connectivity index is 1.95. The second-order valence-electron chi connectivity index (χ2n) is 3.50. The van der Waals surface area contributed by atoms with Crippen molar-refractivity contribution in [2.24, 2.45) is 5.92 Å². The lowest BCUT2D eigenvalue weighted by Gasteiger charge is -2.14. The largest absolute Gasteiger partial charge is 0.451 e. The number of aromatic nitrogens is 1. The van der Waals surface area contributed by atoms with E-state index in [1.54, 1.807) is 11.9 Å². The fraction of sp³-hybridized carbons (Fsp3) is 0.556. The van der Waals surface area contributed by atoms with Gasteiger partial charge in [-0.15, -0.1) is 0 Å². The normalized spacial score (nSPS) is 15.8. The Labute approximate surface area is 76.6 Å². The van der Waals surface area contributed by atoms with Crippen LogP contribution in [0.1, 0.15) is 23.3 Å². The monoisotopic (exact) mass is 180 g/mol. The summed E-state index contributed by atoms with van der Waals surface area (Å²) in [7, 11) is 1.80. The van der Waals surface area contributed by atoms with Crippen LogP contribution in [0.25, 0.3) is 0 Å². The number of carbonyl (C=O) groups excluding carboxylic acids is 1. The van der Waals surface area contributed by atoms with Crippen LogP contribution >= 0.6 is 0 Å². The molecule has 1 saturated carbocycles. The molecule has 0 spiro atoms. The first-order chi connectivity index (χ1) is 6.27. The quantitative estimate of drug-likeness (QED) is 0.701. The van der Waals surface area contributed by atoms with E-state index >= 15 is 0 Å². The molecule has 0 saturated heterocycles. The summed E-state index contributed by atoms with van der Waals surface area (Å²) in [6.07, 6.45) is 5.15. The number of rotatable bonds is 3. The summed E-state index contributed by atoms with van der Waals surface area (Å²) in [4.78, 5) is 17.1. The van der Waals surface area contributed by atoms with Gasteiger partial charge in [-0.3, -0.25) is 4.79 Å². The van der Waals surface area contributed by atoms with Gasteiger partial charge in [0.15, 0.2) is 12.1 Å². The molecule has 0 radical (unpaired) electrons. The summed E-state index contributed by atoms with van der Waals surface area (Å²) in [5.74, 6) is 0.654. The van der Waals surface area contributed by atoms with Crippen molar-refractivity contribution in [2.75, 3.05) is 13.6 Å². The Morgan fingerprint density at radius 3 is 3.08 bits per heavy atom. The molecule has 0 N–H and O–H groups in total. The highest BCUT2D eigenvalue weighted by Crippen LogP contribution is 2.29. The van der Waals surface area contributed by atoms with Gasteiger partial charge in [-0.05, 0) is 18.8 Å². The summed E-state index contributed by atoms with van der Waals surface area (Å²) in [6.45, 7) is 0.839. The van der Waals surface area contributed by atoms with Crippen molar-refractivity contribution in [1.82, 2.24) is 9.88 Å². The minimum atomic E-state index is -0.0550. The molecule has 2 rings (SSSR count). The zero-order valence-corrected chi connectivity index (χ0v) is 7.56. The molecule has 70 valence electrons. The fourth-order valence-electron chi connectivity index (χ4n) is 1.28. The Morgan fingerprint density at radius 2 is 2.54 bits per heavy atom. The van der Waals surface area contributed by atoms with Gasteiger partial charge in [0.05, 0.1) is 0 Å². The number of nitrogens with zero attached hydrogens (tertiary/aromatic N) is 2. The van der Waals surface area contributed by atoms with Crippen LogP contribution in [0.15, 0.2) is 17.1 Å². The number of amides is 1. The standard InChI is InChI=1S/C9H12N2O2/c1-11(4-7-2-3-7)9(12)8-5-13-6-10-8/h5-7H,2-4H2,1H3. The maximum Gasteiger partial charge on any atom is 0.275 e. The topological polar surface area (TPSA) is 46.3 Å². The van der Waals surface area contributed by atoms with Gasteiger partial charge in [-0.25, -0.2) is 4.98 Å². The highest BCUT2D eigenvalue weighted by atomic mass is 16.3. The molecule has 1 aromatic heterocycles. The lowest BCUT2D eigenvalue weighted by Crippen LogP contribution is -2.28. The van der Waals surface area contributed by atoms with Crippen molar-refractivity contribution in [3.63, 3.8) is 0 Å². The maximum absolute atomic E-state index is 11.6. The van der Waals surface area contributed by atoms with Crippen molar-refractivity contribution in [1.29, 1.82) is 0 Å². The van der Waals surface area contributed by atoms with E-state index in [1.807, 2.05) is 0 Å². The third kappa shape index (κ3) is 1.88. The van der Waals surface area contributed by atoms with E-state index in [0.717, 1.165) is 6.54 Å². The van der Waals surface area contributed by atoms with Crippen molar-refractivity contribution in [3.8, 4) is 0 Å². The van der Waals surface area contributed by atoms with Crippen molar-refractivity contribution < 1.29 is 9.21 Å². The van der Waals surface area contributed by atoms with E-state index in [-0.39, 0.29) is 5.91 Å². The highest BCUT2D eigenvalue weighted by Gasteiger charge is 2.25. The minimum Gasteiger partial charge on any atom is -0.451 e. The van der Waals surface area contributed by atoms with Crippen LogP contribution in [0.2, 0.25) is 0 Å². The lowest BCUT2D eigenvalue weighted by atomic mass is 10.3. The lowest BCUT2D eigenvalue weighted by molar-refractivity contribution is 0.0783. The molecule has 1 aromatic rings. The van der Waals surface area contributed by atoms with Gasteiger partial charge in [0, 0.05) is 13.6 Å². The molecule has 0 aromatic carbocycles. The van der Waals surface area contributed by atoms with Gasteiger partial charge >= 0.3 is 0 Å². The predicted octanol–water partition coefficient (Wildman–Crippen LogP) is 1.16. The molecule has 4 nitrogen and oxygen atoms in total. The molecular weight excluding hydrogens is 168 g/mol. The predicted molar refractivity (Wildman–Crippen MR) is 46.2 cm³/mol. The van der Waals surface area contributed by atoms with Crippen LogP contribution in [0.5, 0.6) is 0 Å². The van der Waals surface area contributed by atoms with Crippen LogP contribution < -0.4 is 0 Å².